The summed E-state index contributed by atoms with van der Waals surface area (Å²) in [6.45, 7) is 0. The average molecular weight is 273 g/mol. The van der Waals surface area contributed by atoms with Crippen molar-refractivity contribution >= 4 is 23.4 Å². The Morgan fingerprint density at radius 3 is 2.65 bits per heavy atom. The summed E-state index contributed by atoms with van der Waals surface area (Å²) in [6.07, 6.45) is 2.34. The third kappa shape index (κ3) is 2.18. The lowest BCUT2D eigenvalue weighted by Gasteiger charge is -2.11. The van der Waals surface area contributed by atoms with Gasteiger partial charge in [0, 0.05) is 17.6 Å². The van der Waals surface area contributed by atoms with E-state index in [1.54, 1.807) is 12.1 Å². The van der Waals surface area contributed by atoms with E-state index in [2.05, 4.69) is 10.6 Å². The van der Waals surface area contributed by atoms with Crippen LogP contribution in [0, 0.1) is 5.92 Å². The number of carbonyl (C=O) groups is 3. The molecule has 3 amide bonds. The third-order valence-electron chi connectivity index (χ3n) is 3.85. The maximum absolute atomic E-state index is 12.1. The molecule has 104 valence electrons. The number of carbonyl (C=O) groups excluding carboxylic acids is 3. The molecule has 0 saturated heterocycles. The summed E-state index contributed by atoms with van der Waals surface area (Å²) in [4.78, 5) is 35.0. The quantitative estimate of drug-likeness (QED) is 0.688. The van der Waals surface area contributed by atoms with Crippen LogP contribution in [0.3, 0.4) is 0 Å². The molecule has 0 radical (unpaired) electrons. The van der Waals surface area contributed by atoms with Crippen LogP contribution < -0.4 is 16.4 Å². The van der Waals surface area contributed by atoms with Crippen LogP contribution in [-0.4, -0.2) is 23.8 Å². The van der Waals surface area contributed by atoms with Gasteiger partial charge in [0.2, 0.25) is 5.91 Å². The zero-order valence-corrected chi connectivity index (χ0v) is 10.8. The smallest absolute Gasteiger partial charge is 0.259 e. The van der Waals surface area contributed by atoms with Gasteiger partial charge in [-0.2, -0.15) is 0 Å². The summed E-state index contributed by atoms with van der Waals surface area (Å²) < 4.78 is 0. The van der Waals surface area contributed by atoms with E-state index in [4.69, 9.17) is 5.73 Å². The zero-order chi connectivity index (χ0) is 14.3. The molecule has 0 bridgehead atoms. The maximum Gasteiger partial charge on any atom is 0.259 e. The molecular formula is C14H15N3O3. The number of nitrogens with one attached hydrogen (secondary N) is 2. The SMILES string of the molecule is NC1CCC(C(=O)Nc2ccc3c(c2)C(=O)NC3=O)C1. The number of hydrogen-bond donors (Lipinski definition) is 3. The first-order valence-electron chi connectivity index (χ1n) is 6.61. The predicted molar refractivity (Wildman–Crippen MR) is 72.2 cm³/mol. The molecule has 2 aliphatic rings. The van der Waals surface area contributed by atoms with Crippen molar-refractivity contribution in [2.45, 2.75) is 25.3 Å². The van der Waals surface area contributed by atoms with E-state index in [1.807, 2.05) is 0 Å². The lowest BCUT2D eigenvalue weighted by atomic mass is 10.1. The molecule has 3 rings (SSSR count). The van der Waals surface area contributed by atoms with Crippen molar-refractivity contribution in [3.63, 3.8) is 0 Å². The van der Waals surface area contributed by atoms with Gasteiger partial charge in [-0.05, 0) is 37.5 Å². The summed E-state index contributed by atoms with van der Waals surface area (Å²) in [6, 6.07) is 4.80. The number of hydrogen-bond acceptors (Lipinski definition) is 4. The molecule has 2 unspecified atom stereocenters. The van der Waals surface area contributed by atoms with E-state index in [0.717, 1.165) is 12.8 Å². The van der Waals surface area contributed by atoms with Crippen molar-refractivity contribution in [1.82, 2.24) is 5.32 Å². The van der Waals surface area contributed by atoms with Crippen LogP contribution >= 0.6 is 0 Å². The number of imide groups is 1. The number of fused-ring (bicyclic) bond motifs is 1. The van der Waals surface area contributed by atoms with E-state index >= 15 is 0 Å². The van der Waals surface area contributed by atoms with Crippen molar-refractivity contribution in [2.75, 3.05) is 5.32 Å². The van der Waals surface area contributed by atoms with E-state index in [9.17, 15) is 14.4 Å². The molecular weight excluding hydrogens is 258 g/mol. The first-order chi connectivity index (χ1) is 9.54. The first kappa shape index (κ1) is 12.8. The third-order valence-corrected chi connectivity index (χ3v) is 3.85. The molecule has 1 aliphatic carbocycles. The van der Waals surface area contributed by atoms with Gasteiger partial charge in [0.1, 0.15) is 0 Å². The Labute approximate surface area is 115 Å². The maximum atomic E-state index is 12.1. The Bertz CT molecular complexity index is 612. The Morgan fingerprint density at radius 2 is 1.95 bits per heavy atom. The zero-order valence-electron chi connectivity index (χ0n) is 10.8. The number of anilines is 1. The fourth-order valence-electron chi connectivity index (χ4n) is 2.74. The van der Waals surface area contributed by atoms with E-state index in [1.165, 1.54) is 6.07 Å². The molecule has 1 fully saturated rings. The largest absolute Gasteiger partial charge is 0.328 e. The van der Waals surface area contributed by atoms with Gasteiger partial charge in [-0.3, -0.25) is 19.7 Å². The van der Waals surface area contributed by atoms with Crippen LogP contribution in [0.25, 0.3) is 0 Å². The van der Waals surface area contributed by atoms with Crippen LogP contribution in [-0.2, 0) is 4.79 Å². The topological polar surface area (TPSA) is 101 Å². The van der Waals surface area contributed by atoms with Gasteiger partial charge >= 0.3 is 0 Å². The summed E-state index contributed by atoms with van der Waals surface area (Å²) >= 11 is 0. The molecule has 6 nitrogen and oxygen atoms in total. The van der Waals surface area contributed by atoms with Crippen LogP contribution in [0.1, 0.15) is 40.0 Å². The van der Waals surface area contributed by atoms with Gasteiger partial charge in [0.05, 0.1) is 11.1 Å². The van der Waals surface area contributed by atoms with Crippen molar-refractivity contribution in [1.29, 1.82) is 0 Å². The number of amides is 3. The minimum Gasteiger partial charge on any atom is -0.328 e. The predicted octanol–water partition coefficient (Wildman–Crippen LogP) is 0.636. The fourth-order valence-corrected chi connectivity index (χ4v) is 2.74. The lowest BCUT2D eigenvalue weighted by Crippen LogP contribution is -2.23. The average Bonchev–Trinajstić information content (AvgIpc) is 2.95. The highest BCUT2D eigenvalue weighted by atomic mass is 16.2. The van der Waals surface area contributed by atoms with Crippen LogP contribution in [0.15, 0.2) is 18.2 Å². The standard InChI is InChI=1S/C14H15N3O3/c15-8-2-1-7(5-8)12(18)16-9-3-4-10-11(6-9)14(20)17-13(10)19/h3-4,6-8H,1-2,5,15H2,(H,16,18)(H,17,19,20). The highest BCUT2D eigenvalue weighted by molar-refractivity contribution is 6.22. The van der Waals surface area contributed by atoms with Gasteiger partial charge in [0.25, 0.3) is 11.8 Å². The number of rotatable bonds is 2. The highest BCUT2D eigenvalue weighted by Gasteiger charge is 2.29. The molecule has 20 heavy (non-hydrogen) atoms. The lowest BCUT2D eigenvalue weighted by molar-refractivity contribution is -0.119. The van der Waals surface area contributed by atoms with Gasteiger partial charge in [-0.1, -0.05) is 0 Å². The van der Waals surface area contributed by atoms with Crippen molar-refractivity contribution in [3.8, 4) is 0 Å². The molecule has 1 saturated carbocycles. The van der Waals surface area contributed by atoms with E-state index in [-0.39, 0.29) is 17.9 Å². The minimum atomic E-state index is -0.427. The molecule has 4 N–H and O–H groups in total. The summed E-state index contributed by atoms with van der Waals surface area (Å²) in [5.41, 5.74) is 6.97. The van der Waals surface area contributed by atoms with E-state index < -0.39 is 11.8 Å². The second-order valence-electron chi connectivity index (χ2n) is 5.30. The molecule has 2 atom stereocenters. The van der Waals surface area contributed by atoms with E-state index in [0.29, 0.717) is 23.2 Å². The minimum absolute atomic E-state index is 0.0753. The first-order valence-corrected chi connectivity index (χ1v) is 6.61. The summed E-state index contributed by atoms with van der Waals surface area (Å²) in [7, 11) is 0. The number of nitrogens with two attached hydrogens (primary N) is 1. The summed E-state index contributed by atoms with van der Waals surface area (Å²) in [5.74, 6) is -0.982. The van der Waals surface area contributed by atoms with Crippen molar-refractivity contribution < 1.29 is 14.4 Å². The Balaban J connectivity index is 1.76. The molecule has 1 aliphatic heterocycles. The second-order valence-corrected chi connectivity index (χ2v) is 5.30. The van der Waals surface area contributed by atoms with Gasteiger partial charge < -0.3 is 11.1 Å². The second kappa shape index (κ2) is 4.72. The molecule has 1 aromatic carbocycles. The molecule has 1 aromatic rings. The monoisotopic (exact) mass is 273 g/mol. The van der Waals surface area contributed by atoms with Crippen LogP contribution in [0.2, 0.25) is 0 Å². The molecule has 0 spiro atoms. The van der Waals surface area contributed by atoms with Gasteiger partial charge in [-0.25, -0.2) is 0 Å². The van der Waals surface area contributed by atoms with Crippen molar-refractivity contribution in [2.24, 2.45) is 11.7 Å². The fraction of sp³-hybridized carbons (Fsp3) is 0.357. The summed E-state index contributed by atoms with van der Waals surface area (Å²) in [5, 5.41) is 5.00. The van der Waals surface area contributed by atoms with Crippen LogP contribution in [0.4, 0.5) is 5.69 Å². The van der Waals surface area contributed by atoms with Gasteiger partial charge in [0.15, 0.2) is 0 Å². The highest BCUT2D eigenvalue weighted by Crippen LogP contribution is 2.26. The molecule has 0 aromatic heterocycles. The van der Waals surface area contributed by atoms with Crippen molar-refractivity contribution in [3.05, 3.63) is 29.3 Å². The normalized spacial score (nSPS) is 24.4. The molecule has 1 heterocycles. The Morgan fingerprint density at radius 1 is 1.20 bits per heavy atom. The molecule has 6 heteroatoms. The van der Waals surface area contributed by atoms with Crippen LogP contribution in [0.5, 0.6) is 0 Å². The Kier molecular flexibility index (Phi) is 3.02. The van der Waals surface area contributed by atoms with Gasteiger partial charge in [-0.15, -0.1) is 0 Å². The number of benzene rings is 1. The Hall–Kier alpha value is -2.21.